The maximum atomic E-state index is 12.7. The van der Waals surface area contributed by atoms with E-state index in [1.165, 1.54) is 37.8 Å². The first-order chi connectivity index (χ1) is 7.75. The molecule has 1 nitrogen and oxygen atoms in total. The van der Waals surface area contributed by atoms with Gasteiger partial charge in [-0.2, -0.15) is 0 Å². The lowest BCUT2D eigenvalue weighted by Crippen LogP contribution is -2.18. The third-order valence-corrected chi connectivity index (χ3v) is 3.59. The van der Waals surface area contributed by atoms with Crippen LogP contribution in [0.5, 0.6) is 0 Å². The Morgan fingerprint density at radius 2 is 1.81 bits per heavy atom. The van der Waals surface area contributed by atoms with Crippen LogP contribution in [0, 0.1) is 11.7 Å². The van der Waals surface area contributed by atoms with Crippen molar-refractivity contribution in [3.05, 3.63) is 35.6 Å². The highest BCUT2D eigenvalue weighted by Crippen LogP contribution is 2.29. The van der Waals surface area contributed by atoms with Crippen molar-refractivity contribution < 1.29 is 9.50 Å². The average Bonchev–Trinajstić information content (AvgIpc) is 2.81. The van der Waals surface area contributed by atoms with Crippen LogP contribution in [-0.2, 0) is 6.42 Å². The highest BCUT2D eigenvalue weighted by Gasteiger charge is 2.22. The molecule has 0 bridgehead atoms. The van der Waals surface area contributed by atoms with Gasteiger partial charge in [-0.15, -0.1) is 0 Å². The van der Waals surface area contributed by atoms with E-state index in [2.05, 4.69) is 0 Å². The second kappa shape index (κ2) is 5.44. The molecule has 0 heterocycles. The van der Waals surface area contributed by atoms with Crippen LogP contribution in [0.2, 0.25) is 0 Å². The average molecular weight is 222 g/mol. The first kappa shape index (κ1) is 11.6. The predicted molar refractivity (Wildman–Crippen MR) is 62.7 cm³/mol. The van der Waals surface area contributed by atoms with Crippen LogP contribution < -0.4 is 0 Å². The Morgan fingerprint density at radius 1 is 1.19 bits per heavy atom. The second-order valence-corrected chi connectivity index (χ2v) is 4.78. The zero-order valence-corrected chi connectivity index (χ0v) is 9.53. The molecule has 1 aliphatic carbocycles. The third-order valence-electron chi connectivity index (χ3n) is 3.59. The summed E-state index contributed by atoms with van der Waals surface area (Å²) in [5.41, 5.74) is 1.11. The van der Waals surface area contributed by atoms with Crippen molar-refractivity contribution in [2.24, 2.45) is 5.92 Å². The molecule has 1 aromatic rings. The predicted octanol–water partition coefficient (Wildman–Crippen LogP) is 3.31. The van der Waals surface area contributed by atoms with Gasteiger partial charge in [0.1, 0.15) is 5.82 Å². The molecule has 2 heteroatoms. The van der Waals surface area contributed by atoms with E-state index in [0.29, 0.717) is 5.92 Å². The van der Waals surface area contributed by atoms with E-state index in [-0.39, 0.29) is 11.9 Å². The van der Waals surface area contributed by atoms with Gasteiger partial charge in [0.25, 0.3) is 0 Å². The van der Waals surface area contributed by atoms with Crippen LogP contribution in [0.4, 0.5) is 4.39 Å². The minimum absolute atomic E-state index is 0.174. The highest BCUT2D eigenvalue weighted by atomic mass is 19.1. The molecular formula is C14H19FO. The van der Waals surface area contributed by atoms with Crippen molar-refractivity contribution in [3.63, 3.8) is 0 Å². The van der Waals surface area contributed by atoms with Crippen molar-refractivity contribution in [3.8, 4) is 0 Å². The molecule has 1 N–H and O–H groups in total. The summed E-state index contributed by atoms with van der Waals surface area (Å²) in [5.74, 6) is 0.306. The van der Waals surface area contributed by atoms with Gasteiger partial charge in [0.15, 0.2) is 0 Å². The summed E-state index contributed by atoms with van der Waals surface area (Å²) in [7, 11) is 0. The largest absolute Gasteiger partial charge is 0.393 e. The summed E-state index contributed by atoms with van der Waals surface area (Å²) in [6, 6.07) is 6.57. The zero-order chi connectivity index (χ0) is 11.4. The van der Waals surface area contributed by atoms with Gasteiger partial charge in [0.05, 0.1) is 6.10 Å². The Balaban J connectivity index is 1.80. The molecule has 1 atom stereocenters. The van der Waals surface area contributed by atoms with E-state index in [1.54, 1.807) is 12.1 Å². The maximum Gasteiger partial charge on any atom is 0.123 e. The van der Waals surface area contributed by atoms with Crippen molar-refractivity contribution in [2.75, 3.05) is 0 Å². The normalized spacial score (nSPS) is 18.9. The number of halogens is 1. The summed E-state index contributed by atoms with van der Waals surface area (Å²) >= 11 is 0. The van der Waals surface area contributed by atoms with Crippen LogP contribution >= 0.6 is 0 Å². The number of benzene rings is 1. The highest BCUT2D eigenvalue weighted by molar-refractivity contribution is 5.16. The molecule has 2 rings (SSSR count). The molecular weight excluding hydrogens is 203 g/mol. The Labute approximate surface area is 96.3 Å². The molecule has 1 saturated carbocycles. The quantitative estimate of drug-likeness (QED) is 0.828. The Bertz CT molecular complexity index is 314. The van der Waals surface area contributed by atoms with Gasteiger partial charge in [-0.05, 0) is 49.3 Å². The van der Waals surface area contributed by atoms with Crippen molar-refractivity contribution in [2.45, 2.75) is 44.6 Å². The number of aliphatic hydroxyl groups excluding tert-OH is 1. The first-order valence-corrected chi connectivity index (χ1v) is 6.18. The number of rotatable bonds is 4. The van der Waals surface area contributed by atoms with Gasteiger partial charge in [-0.1, -0.05) is 25.0 Å². The summed E-state index contributed by atoms with van der Waals surface area (Å²) in [5, 5.41) is 9.99. The molecule has 88 valence electrons. The molecule has 0 radical (unpaired) electrons. The molecule has 1 aliphatic rings. The van der Waals surface area contributed by atoms with E-state index in [0.717, 1.165) is 18.4 Å². The monoisotopic (exact) mass is 222 g/mol. The fourth-order valence-electron chi connectivity index (χ4n) is 2.54. The van der Waals surface area contributed by atoms with E-state index < -0.39 is 0 Å². The Kier molecular flexibility index (Phi) is 3.94. The minimum Gasteiger partial charge on any atom is -0.393 e. The zero-order valence-electron chi connectivity index (χ0n) is 9.53. The van der Waals surface area contributed by atoms with Gasteiger partial charge in [-0.3, -0.25) is 0 Å². The molecule has 0 aliphatic heterocycles. The lowest BCUT2D eigenvalue weighted by Gasteiger charge is -2.17. The summed E-state index contributed by atoms with van der Waals surface area (Å²) < 4.78 is 12.7. The van der Waals surface area contributed by atoms with Gasteiger partial charge in [0, 0.05) is 0 Å². The molecule has 1 fully saturated rings. The maximum absolute atomic E-state index is 12.7. The van der Waals surface area contributed by atoms with Gasteiger partial charge in [0.2, 0.25) is 0 Å². The van der Waals surface area contributed by atoms with E-state index >= 15 is 0 Å². The van der Waals surface area contributed by atoms with E-state index in [4.69, 9.17) is 0 Å². The lowest BCUT2D eigenvalue weighted by molar-refractivity contribution is 0.102. The van der Waals surface area contributed by atoms with Crippen molar-refractivity contribution in [1.82, 2.24) is 0 Å². The van der Waals surface area contributed by atoms with E-state index in [1.807, 2.05) is 0 Å². The Hall–Kier alpha value is -0.890. The molecule has 0 aromatic heterocycles. The summed E-state index contributed by atoms with van der Waals surface area (Å²) in [4.78, 5) is 0. The molecule has 0 amide bonds. The SMILES string of the molecule is OC(CCc1ccc(F)cc1)C1CCCC1. The summed E-state index contributed by atoms with van der Waals surface area (Å²) in [6.07, 6.45) is 6.34. The fourth-order valence-corrected chi connectivity index (χ4v) is 2.54. The standard InChI is InChI=1S/C14H19FO/c15-13-8-5-11(6-9-13)7-10-14(16)12-3-1-2-4-12/h5-6,8-9,12,14,16H,1-4,7,10H2. The second-order valence-electron chi connectivity index (χ2n) is 4.78. The van der Waals surface area contributed by atoms with Crippen molar-refractivity contribution in [1.29, 1.82) is 0 Å². The number of aryl methyl sites for hydroxylation is 1. The number of hydrogen-bond acceptors (Lipinski definition) is 1. The van der Waals surface area contributed by atoms with Crippen LogP contribution in [0.25, 0.3) is 0 Å². The van der Waals surface area contributed by atoms with Gasteiger partial charge in [-0.25, -0.2) is 4.39 Å². The van der Waals surface area contributed by atoms with Crippen LogP contribution in [0.3, 0.4) is 0 Å². The van der Waals surface area contributed by atoms with Crippen molar-refractivity contribution >= 4 is 0 Å². The first-order valence-electron chi connectivity index (χ1n) is 6.18. The van der Waals surface area contributed by atoms with Gasteiger partial charge < -0.3 is 5.11 Å². The Morgan fingerprint density at radius 3 is 2.44 bits per heavy atom. The lowest BCUT2D eigenvalue weighted by atomic mass is 9.95. The smallest absolute Gasteiger partial charge is 0.123 e. The van der Waals surface area contributed by atoms with Crippen LogP contribution in [0.15, 0.2) is 24.3 Å². The molecule has 1 unspecified atom stereocenters. The topological polar surface area (TPSA) is 20.2 Å². The molecule has 1 aromatic carbocycles. The number of hydrogen-bond donors (Lipinski definition) is 1. The molecule has 0 spiro atoms. The van der Waals surface area contributed by atoms with Crippen LogP contribution in [-0.4, -0.2) is 11.2 Å². The number of aliphatic hydroxyl groups is 1. The van der Waals surface area contributed by atoms with E-state index in [9.17, 15) is 9.50 Å². The minimum atomic E-state index is -0.194. The third kappa shape index (κ3) is 3.05. The molecule has 0 saturated heterocycles. The molecule has 16 heavy (non-hydrogen) atoms. The fraction of sp³-hybridized carbons (Fsp3) is 0.571. The summed E-state index contributed by atoms with van der Waals surface area (Å²) in [6.45, 7) is 0. The van der Waals surface area contributed by atoms with Crippen LogP contribution in [0.1, 0.15) is 37.7 Å². The van der Waals surface area contributed by atoms with Gasteiger partial charge >= 0.3 is 0 Å².